The van der Waals surface area contributed by atoms with Gasteiger partial charge in [-0.25, -0.2) is 0 Å². The van der Waals surface area contributed by atoms with E-state index in [9.17, 15) is 5.11 Å². The molecule has 0 radical (unpaired) electrons. The predicted molar refractivity (Wildman–Crippen MR) is 75.1 cm³/mol. The van der Waals surface area contributed by atoms with Crippen molar-refractivity contribution in [2.45, 2.75) is 83.2 Å². The first-order valence-corrected chi connectivity index (χ1v) is 7.54. The summed E-state index contributed by atoms with van der Waals surface area (Å²) in [6, 6.07) is 0. The summed E-state index contributed by atoms with van der Waals surface area (Å²) < 4.78 is 0. The van der Waals surface area contributed by atoms with Crippen LogP contribution in [-0.4, -0.2) is 10.7 Å². The molecule has 1 aliphatic carbocycles. The van der Waals surface area contributed by atoms with Crippen LogP contribution in [0.4, 0.5) is 0 Å². The molecule has 1 rings (SSSR count). The van der Waals surface area contributed by atoms with Gasteiger partial charge in [0.1, 0.15) is 0 Å². The second-order valence-corrected chi connectivity index (χ2v) is 5.81. The number of aliphatic hydroxyl groups is 1. The van der Waals surface area contributed by atoms with Gasteiger partial charge in [-0.15, -0.1) is 6.58 Å². The molecule has 1 N–H and O–H groups in total. The van der Waals surface area contributed by atoms with Gasteiger partial charge in [0.05, 0.1) is 5.60 Å². The van der Waals surface area contributed by atoms with E-state index in [1.54, 1.807) is 0 Å². The van der Waals surface area contributed by atoms with Crippen LogP contribution in [0.5, 0.6) is 0 Å². The summed E-state index contributed by atoms with van der Waals surface area (Å²) in [5, 5.41) is 10.8. The van der Waals surface area contributed by atoms with Crippen LogP contribution in [0.25, 0.3) is 0 Å². The summed E-state index contributed by atoms with van der Waals surface area (Å²) in [5.74, 6) is 0.227. The van der Waals surface area contributed by atoms with Crippen molar-refractivity contribution in [2.24, 2.45) is 5.92 Å². The second-order valence-electron chi connectivity index (χ2n) is 5.81. The van der Waals surface area contributed by atoms with Crippen molar-refractivity contribution in [2.75, 3.05) is 0 Å². The topological polar surface area (TPSA) is 20.2 Å². The van der Waals surface area contributed by atoms with Crippen LogP contribution in [0.1, 0.15) is 77.6 Å². The summed E-state index contributed by atoms with van der Waals surface area (Å²) in [5.41, 5.74) is -0.485. The van der Waals surface area contributed by atoms with Crippen LogP contribution < -0.4 is 0 Å². The van der Waals surface area contributed by atoms with Crippen LogP contribution >= 0.6 is 0 Å². The third-order valence-electron chi connectivity index (χ3n) is 4.42. The van der Waals surface area contributed by atoms with Gasteiger partial charge in [-0.3, -0.25) is 0 Å². The Kier molecular flexibility index (Phi) is 6.87. The lowest BCUT2D eigenvalue weighted by molar-refractivity contribution is -0.0151. The molecule has 0 bridgehead atoms. The third-order valence-corrected chi connectivity index (χ3v) is 4.42. The number of rotatable bonds is 2. The molecule has 0 heterocycles. The van der Waals surface area contributed by atoms with Crippen molar-refractivity contribution in [3.8, 4) is 0 Å². The summed E-state index contributed by atoms with van der Waals surface area (Å²) in [4.78, 5) is 0. The molecule has 0 aromatic carbocycles. The van der Waals surface area contributed by atoms with Crippen LogP contribution in [0.3, 0.4) is 0 Å². The van der Waals surface area contributed by atoms with E-state index in [1.807, 2.05) is 6.08 Å². The number of hydrogen-bond acceptors (Lipinski definition) is 1. The van der Waals surface area contributed by atoms with Gasteiger partial charge >= 0.3 is 0 Å². The average Bonchev–Trinajstić information content (AvgIpc) is 2.32. The van der Waals surface area contributed by atoms with Crippen molar-refractivity contribution in [1.29, 1.82) is 0 Å². The number of hydrogen-bond donors (Lipinski definition) is 1. The van der Waals surface area contributed by atoms with Crippen LogP contribution in [0.2, 0.25) is 0 Å². The van der Waals surface area contributed by atoms with Gasteiger partial charge < -0.3 is 5.11 Å². The Morgan fingerprint density at radius 1 is 0.882 bits per heavy atom. The van der Waals surface area contributed by atoms with Gasteiger partial charge in [0, 0.05) is 5.92 Å². The molecule has 0 amide bonds. The van der Waals surface area contributed by atoms with E-state index in [-0.39, 0.29) is 5.92 Å². The molecule has 1 aliphatic rings. The molecule has 0 spiro atoms. The zero-order chi connectivity index (χ0) is 12.6. The fourth-order valence-corrected chi connectivity index (χ4v) is 2.90. The van der Waals surface area contributed by atoms with Gasteiger partial charge in [0.2, 0.25) is 0 Å². The minimum atomic E-state index is -0.485. The summed E-state index contributed by atoms with van der Waals surface area (Å²) in [6.45, 7) is 5.96. The molecule has 0 aliphatic heterocycles. The van der Waals surface area contributed by atoms with E-state index in [4.69, 9.17) is 0 Å². The highest BCUT2D eigenvalue weighted by Gasteiger charge is 2.30. The Labute approximate surface area is 107 Å². The van der Waals surface area contributed by atoms with Gasteiger partial charge in [0.15, 0.2) is 0 Å². The minimum Gasteiger partial charge on any atom is -0.389 e. The Morgan fingerprint density at radius 2 is 1.24 bits per heavy atom. The molecule has 0 aromatic rings. The second kappa shape index (κ2) is 7.92. The molecule has 100 valence electrons. The van der Waals surface area contributed by atoms with Crippen LogP contribution in [0.15, 0.2) is 12.7 Å². The first kappa shape index (κ1) is 14.8. The zero-order valence-electron chi connectivity index (χ0n) is 11.6. The Balaban J connectivity index is 2.50. The van der Waals surface area contributed by atoms with Gasteiger partial charge in [-0.05, 0) is 12.8 Å². The summed E-state index contributed by atoms with van der Waals surface area (Å²) in [6.07, 6.45) is 15.6. The molecule has 1 fully saturated rings. The van der Waals surface area contributed by atoms with Crippen molar-refractivity contribution < 1.29 is 5.11 Å². The van der Waals surface area contributed by atoms with Gasteiger partial charge in [-0.2, -0.15) is 0 Å². The molecule has 0 aromatic heterocycles. The van der Waals surface area contributed by atoms with E-state index in [0.29, 0.717) is 0 Å². The minimum absolute atomic E-state index is 0.227. The monoisotopic (exact) mass is 238 g/mol. The molecule has 1 saturated carbocycles. The van der Waals surface area contributed by atoms with E-state index in [2.05, 4.69) is 13.5 Å². The maximum atomic E-state index is 10.8. The van der Waals surface area contributed by atoms with Crippen molar-refractivity contribution in [3.05, 3.63) is 12.7 Å². The van der Waals surface area contributed by atoms with E-state index in [0.717, 1.165) is 12.8 Å². The quantitative estimate of drug-likeness (QED) is 0.682. The van der Waals surface area contributed by atoms with Gasteiger partial charge in [-0.1, -0.05) is 70.8 Å². The van der Waals surface area contributed by atoms with Crippen molar-refractivity contribution in [3.63, 3.8) is 0 Å². The molecule has 0 saturated heterocycles. The molecule has 1 unspecified atom stereocenters. The Morgan fingerprint density at radius 3 is 1.59 bits per heavy atom. The fraction of sp³-hybridized carbons (Fsp3) is 0.875. The standard InChI is InChI=1S/C16H30O/c1-3-15(2)16(17)13-11-9-7-5-4-6-8-10-12-14-16/h3,15,17H,1,4-14H2,2H3. The zero-order valence-corrected chi connectivity index (χ0v) is 11.6. The normalized spacial score (nSPS) is 25.3. The highest BCUT2D eigenvalue weighted by Crippen LogP contribution is 2.31. The SMILES string of the molecule is C=CC(C)C1(O)CCCCCCCCCCC1. The smallest absolute Gasteiger partial charge is 0.0707 e. The third kappa shape index (κ3) is 5.25. The van der Waals surface area contributed by atoms with Crippen LogP contribution in [-0.2, 0) is 0 Å². The first-order valence-electron chi connectivity index (χ1n) is 7.54. The Bertz CT molecular complexity index is 198. The molecular weight excluding hydrogens is 208 g/mol. The lowest BCUT2D eigenvalue weighted by Gasteiger charge is -2.33. The highest BCUT2D eigenvalue weighted by molar-refractivity contribution is 4.93. The fourth-order valence-electron chi connectivity index (χ4n) is 2.90. The van der Waals surface area contributed by atoms with E-state index < -0.39 is 5.60 Å². The molecule has 17 heavy (non-hydrogen) atoms. The van der Waals surface area contributed by atoms with E-state index >= 15 is 0 Å². The lowest BCUT2D eigenvalue weighted by Crippen LogP contribution is -2.35. The largest absolute Gasteiger partial charge is 0.389 e. The van der Waals surface area contributed by atoms with Crippen molar-refractivity contribution in [1.82, 2.24) is 0 Å². The molecule has 1 heteroatoms. The lowest BCUT2D eigenvalue weighted by atomic mass is 9.79. The predicted octanol–water partition coefficient (Wildman–Crippen LogP) is 4.84. The maximum Gasteiger partial charge on any atom is 0.0707 e. The summed E-state index contributed by atoms with van der Waals surface area (Å²) >= 11 is 0. The molecule has 1 atom stereocenters. The average molecular weight is 238 g/mol. The van der Waals surface area contributed by atoms with Crippen molar-refractivity contribution >= 4 is 0 Å². The van der Waals surface area contributed by atoms with Crippen LogP contribution in [0, 0.1) is 5.92 Å². The Hall–Kier alpha value is -0.300. The maximum absolute atomic E-state index is 10.8. The van der Waals surface area contributed by atoms with Gasteiger partial charge in [0.25, 0.3) is 0 Å². The summed E-state index contributed by atoms with van der Waals surface area (Å²) in [7, 11) is 0. The highest BCUT2D eigenvalue weighted by atomic mass is 16.3. The first-order chi connectivity index (χ1) is 8.19. The molecular formula is C16H30O. The van der Waals surface area contributed by atoms with E-state index in [1.165, 1.54) is 57.8 Å². The molecule has 1 nitrogen and oxygen atoms in total.